The fraction of sp³-hybridized carbons (Fsp3) is 0.400. The highest BCUT2D eigenvalue weighted by atomic mass is 79.9. The number of amides is 1. The zero-order valence-corrected chi connectivity index (χ0v) is 10.2. The number of nitrogens with zero attached hydrogens (tertiary/aromatic N) is 1. The second-order valence-electron chi connectivity index (χ2n) is 3.89. The van der Waals surface area contributed by atoms with E-state index >= 15 is 0 Å². The zero-order chi connectivity index (χ0) is 11.5. The maximum absolute atomic E-state index is 11.6. The summed E-state index contributed by atoms with van der Waals surface area (Å²) in [5.41, 5.74) is -0.441. The Morgan fingerprint density at radius 2 is 2.27 bits per heavy atom. The largest absolute Gasteiger partial charge is 0.389 e. The van der Waals surface area contributed by atoms with Crippen molar-refractivity contribution in [3.63, 3.8) is 0 Å². The van der Waals surface area contributed by atoms with Crippen LogP contribution in [0.15, 0.2) is 22.9 Å². The van der Waals surface area contributed by atoms with E-state index in [4.69, 9.17) is 0 Å². The maximum atomic E-state index is 11.6. The monoisotopic (exact) mass is 272 g/mol. The quantitative estimate of drug-likeness (QED) is 0.873. The molecule has 15 heavy (non-hydrogen) atoms. The standard InChI is InChI=1S/C10H13BrN2O2/c1-10(2,15)6-13-9(14)7-3-8(11)5-12-4-7/h3-5,15H,6H2,1-2H3,(H,13,14). The molecule has 1 heterocycles. The van der Waals surface area contributed by atoms with Crippen LogP contribution in [0.5, 0.6) is 0 Å². The van der Waals surface area contributed by atoms with Crippen LogP contribution in [0.25, 0.3) is 0 Å². The molecule has 4 nitrogen and oxygen atoms in total. The third-order valence-corrected chi connectivity index (χ3v) is 2.08. The summed E-state index contributed by atoms with van der Waals surface area (Å²) in [5.74, 6) is -0.245. The van der Waals surface area contributed by atoms with Gasteiger partial charge in [-0.05, 0) is 35.8 Å². The van der Waals surface area contributed by atoms with E-state index in [1.807, 2.05) is 0 Å². The second-order valence-corrected chi connectivity index (χ2v) is 4.80. The van der Waals surface area contributed by atoms with Crippen LogP contribution >= 0.6 is 15.9 Å². The fourth-order valence-corrected chi connectivity index (χ4v) is 1.30. The topological polar surface area (TPSA) is 62.2 Å². The van der Waals surface area contributed by atoms with Gasteiger partial charge in [0.15, 0.2) is 0 Å². The lowest BCUT2D eigenvalue weighted by Gasteiger charge is -2.17. The molecule has 0 aliphatic carbocycles. The van der Waals surface area contributed by atoms with Gasteiger partial charge in [0.2, 0.25) is 0 Å². The van der Waals surface area contributed by atoms with Gasteiger partial charge in [-0.3, -0.25) is 9.78 Å². The SMILES string of the molecule is CC(C)(O)CNC(=O)c1cncc(Br)c1. The van der Waals surface area contributed by atoms with Crippen LogP contribution < -0.4 is 5.32 Å². The Morgan fingerprint density at radius 1 is 1.60 bits per heavy atom. The van der Waals surface area contributed by atoms with Gasteiger partial charge in [0.1, 0.15) is 0 Å². The molecule has 5 heteroatoms. The molecule has 0 aliphatic heterocycles. The average molecular weight is 273 g/mol. The summed E-state index contributed by atoms with van der Waals surface area (Å²) in [4.78, 5) is 15.4. The van der Waals surface area contributed by atoms with Crippen molar-refractivity contribution in [1.29, 1.82) is 0 Å². The summed E-state index contributed by atoms with van der Waals surface area (Å²) in [5, 5.41) is 12.0. The number of rotatable bonds is 3. The Labute approximate surface area is 96.8 Å². The molecule has 0 unspecified atom stereocenters. The van der Waals surface area contributed by atoms with Crippen molar-refractivity contribution in [1.82, 2.24) is 10.3 Å². The smallest absolute Gasteiger partial charge is 0.252 e. The highest BCUT2D eigenvalue weighted by molar-refractivity contribution is 9.10. The lowest BCUT2D eigenvalue weighted by molar-refractivity contribution is 0.0694. The number of carbonyl (C=O) groups excluding carboxylic acids is 1. The molecule has 0 saturated carbocycles. The van der Waals surface area contributed by atoms with E-state index in [0.717, 1.165) is 4.47 Å². The van der Waals surface area contributed by atoms with Gasteiger partial charge in [-0.1, -0.05) is 0 Å². The van der Waals surface area contributed by atoms with Gasteiger partial charge >= 0.3 is 0 Å². The molecule has 1 rings (SSSR count). The summed E-state index contributed by atoms with van der Waals surface area (Å²) in [6.07, 6.45) is 3.08. The van der Waals surface area contributed by atoms with Crippen LogP contribution in [0.2, 0.25) is 0 Å². The number of hydrogen-bond acceptors (Lipinski definition) is 3. The number of halogens is 1. The highest BCUT2D eigenvalue weighted by Gasteiger charge is 2.14. The lowest BCUT2D eigenvalue weighted by atomic mass is 10.1. The van der Waals surface area contributed by atoms with Crippen LogP contribution in [0.4, 0.5) is 0 Å². The Hall–Kier alpha value is -0.940. The summed E-state index contributed by atoms with van der Waals surface area (Å²) in [6, 6.07) is 1.67. The molecule has 82 valence electrons. The van der Waals surface area contributed by atoms with Crippen molar-refractivity contribution in [2.45, 2.75) is 19.4 Å². The summed E-state index contributed by atoms with van der Waals surface area (Å²) in [6.45, 7) is 3.47. The van der Waals surface area contributed by atoms with E-state index in [2.05, 4.69) is 26.2 Å². The third kappa shape index (κ3) is 4.40. The van der Waals surface area contributed by atoms with Gasteiger partial charge in [0.05, 0.1) is 11.2 Å². The maximum Gasteiger partial charge on any atom is 0.252 e. The first-order valence-corrected chi connectivity index (χ1v) is 5.29. The number of carbonyl (C=O) groups is 1. The first kappa shape index (κ1) is 12.1. The minimum absolute atomic E-state index is 0.207. The van der Waals surface area contributed by atoms with Gasteiger partial charge in [0.25, 0.3) is 5.91 Å². The van der Waals surface area contributed by atoms with E-state index in [-0.39, 0.29) is 12.5 Å². The molecular weight excluding hydrogens is 260 g/mol. The van der Waals surface area contributed by atoms with Crippen LogP contribution in [-0.4, -0.2) is 28.1 Å². The van der Waals surface area contributed by atoms with Crippen LogP contribution in [0.3, 0.4) is 0 Å². The normalized spacial score (nSPS) is 11.2. The number of aromatic nitrogens is 1. The average Bonchev–Trinajstić information content (AvgIpc) is 2.13. The minimum atomic E-state index is -0.908. The summed E-state index contributed by atoms with van der Waals surface area (Å²) < 4.78 is 0.749. The Balaban J connectivity index is 2.62. The molecule has 0 radical (unpaired) electrons. The summed E-state index contributed by atoms with van der Waals surface area (Å²) >= 11 is 3.23. The minimum Gasteiger partial charge on any atom is -0.389 e. The Kier molecular flexibility index (Phi) is 3.82. The van der Waals surface area contributed by atoms with Crippen LogP contribution in [0.1, 0.15) is 24.2 Å². The van der Waals surface area contributed by atoms with E-state index in [1.165, 1.54) is 6.20 Å². The van der Waals surface area contributed by atoms with Gasteiger partial charge in [-0.2, -0.15) is 0 Å². The second kappa shape index (κ2) is 4.72. The number of pyridine rings is 1. The molecule has 0 aromatic carbocycles. The Morgan fingerprint density at radius 3 is 2.80 bits per heavy atom. The molecule has 1 aromatic heterocycles. The van der Waals surface area contributed by atoms with Crippen molar-refractivity contribution in [3.05, 3.63) is 28.5 Å². The van der Waals surface area contributed by atoms with Gasteiger partial charge < -0.3 is 10.4 Å². The number of hydrogen-bond donors (Lipinski definition) is 2. The molecule has 0 atom stereocenters. The molecule has 0 fully saturated rings. The fourth-order valence-electron chi connectivity index (χ4n) is 0.935. The lowest BCUT2D eigenvalue weighted by Crippen LogP contribution is -2.38. The van der Waals surface area contributed by atoms with E-state index < -0.39 is 5.60 Å². The predicted molar refractivity (Wildman–Crippen MR) is 60.6 cm³/mol. The number of aliphatic hydroxyl groups is 1. The summed E-state index contributed by atoms with van der Waals surface area (Å²) in [7, 11) is 0. The third-order valence-electron chi connectivity index (χ3n) is 1.65. The molecule has 1 amide bonds. The zero-order valence-electron chi connectivity index (χ0n) is 8.62. The van der Waals surface area contributed by atoms with Crippen molar-refractivity contribution in [2.75, 3.05) is 6.54 Å². The molecule has 0 spiro atoms. The number of nitrogens with one attached hydrogen (secondary N) is 1. The van der Waals surface area contributed by atoms with Gasteiger partial charge in [-0.25, -0.2) is 0 Å². The van der Waals surface area contributed by atoms with Crippen molar-refractivity contribution in [2.24, 2.45) is 0 Å². The predicted octanol–water partition coefficient (Wildman–Crippen LogP) is 1.34. The molecular formula is C10H13BrN2O2. The van der Waals surface area contributed by atoms with Gasteiger partial charge in [0, 0.05) is 23.4 Å². The van der Waals surface area contributed by atoms with E-state index in [9.17, 15) is 9.90 Å². The molecule has 0 aliphatic rings. The van der Waals surface area contributed by atoms with Crippen LogP contribution in [0, 0.1) is 0 Å². The first-order chi connectivity index (χ1) is 6.88. The van der Waals surface area contributed by atoms with Crippen molar-refractivity contribution < 1.29 is 9.90 Å². The first-order valence-electron chi connectivity index (χ1n) is 4.49. The Bertz CT molecular complexity index is 361. The molecule has 2 N–H and O–H groups in total. The van der Waals surface area contributed by atoms with E-state index in [1.54, 1.807) is 26.1 Å². The van der Waals surface area contributed by atoms with Crippen LogP contribution in [-0.2, 0) is 0 Å². The molecule has 0 bridgehead atoms. The van der Waals surface area contributed by atoms with Crippen molar-refractivity contribution >= 4 is 21.8 Å². The van der Waals surface area contributed by atoms with Gasteiger partial charge in [-0.15, -0.1) is 0 Å². The molecule has 1 aromatic rings. The molecule has 0 saturated heterocycles. The van der Waals surface area contributed by atoms with E-state index in [0.29, 0.717) is 5.56 Å². The van der Waals surface area contributed by atoms with Crippen molar-refractivity contribution in [3.8, 4) is 0 Å². The highest BCUT2D eigenvalue weighted by Crippen LogP contribution is 2.09.